The molecule has 0 heterocycles. The second-order valence-electron chi connectivity index (χ2n) is 9.89. The van der Waals surface area contributed by atoms with Crippen LogP contribution in [-0.4, -0.2) is 5.97 Å². The third-order valence-electron chi connectivity index (χ3n) is 7.20. The highest BCUT2D eigenvalue weighted by Gasteiger charge is 2.13. The summed E-state index contributed by atoms with van der Waals surface area (Å²) in [5.74, 6) is 0.573. The van der Waals surface area contributed by atoms with Gasteiger partial charge in [-0.2, -0.15) is 0 Å². The van der Waals surface area contributed by atoms with Gasteiger partial charge in [-0.1, -0.05) is 126 Å². The predicted octanol–water partition coefficient (Wildman–Crippen LogP) is 9.97. The highest BCUT2D eigenvalue weighted by molar-refractivity contribution is 6.24. The van der Waals surface area contributed by atoms with Gasteiger partial charge in [0, 0.05) is 17.2 Å². The largest absolute Gasteiger partial charge is 0.426 e. The van der Waals surface area contributed by atoms with Gasteiger partial charge in [0.1, 0.15) is 5.75 Å². The third-order valence-corrected chi connectivity index (χ3v) is 7.20. The van der Waals surface area contributed by atoms with Crippen molar-refractivity contribution in [3.05, 3.63) is 54.6 Å². The quantitative estimate of drug-likeness (QED) is 0.0769. The first kappa shape index (κ1) is 24.5. The van der Waals surface area contributed by atoms with E-state index in [0.29, 0.717) is 12.2 Å². The maximum Gasteiger partial charge on any atom is 0.311 e. The smallest absolute Gasteiger partial charge is 0.311 e. The summed E-state index contributed by atoms with van der Waals surface area (Å²) >= 11 is 0. The van der Waals surface area contributed by atoms with Gasteiger partial charge in [0.25, 0.3) is 0 Å². The highest BCUT2D eigenvalue weighted by Crippen LogP contribution is 2.38. The summed E-state index contributed by atoms with van der Waals surface area (Å²) in [6.45, 7) is 2.27. The molecule has 0 saturated carbocycles. The zero-order valence-corrected chi connectivity index (χ0v) is 20.9. The summed E-state index contributed by atoms with van der Waals surface area (Å²) in [6, 6.07) is 19.0. The topological polar surface area (TPSA) is 26.3 Å². The lowest BCUT2D eigenvalue weighted by molar-refractivity contribution is -0.134. The van der Waals surface area contributed by atoms with E-state index in [4.69, 9.17) is 4.74 Å². The number of hydrogen-bond acceptors (Lipinski definition) is 2. The van der Waals surface area contributed by atoms with E-state index in [1.807, 2.05) is 6.07 Å². The average Bonchev–Trinajstić information content (AvgIpc) is 2.86. The van der Waals surface area contributed by atoms with Crippen LogP contribution in [0.1, 0.15) is 96.8 Å². The molecule has 0 unspecified atom stereocenters. The average molecular weight is 457 g/mol. The molecule has 0 bridgehead atoms. The summed E-state index contributed by atoms with van der Waals surface area (Å²) in [6.07, 6.45) is 17.5. The number of hydrogen-bond donors (Lipinski definition) is 0. The second-order valence-corrected chi connectivity index (χ2v) is 9.89. The molecule has 0 spiro atoms. The minimum atomic E-state index is -0.113. The molecule has 4 aromatic carbocycles. The molecule has 0 N–H and O–H groups in total. The lowest BCUT2D eigenvalue weighted by atomic mass is 9.94. The molecular weight excluding hydrogens is 416 g/mol. The van der Waals surface area contributed by atoms with Crippen molar-refractivity contribution in [2.75, 3.05) is 0 Å². The lowest BCUT2D eigenvalue weighted by Gasteiger charge is -2.13. The van der Waals surface area contributed by atoms with Gasteiger partial charge in [0.15, 0.2) is 0 Å². The fraction of sp³-hybridized carbons (Fsp3) is 0.469. The van der Waals surface area contributed by atoms with Crippen molar-refractivity contribution in [1.82, 2.24) is 0 Å². The van der Waals surface area contributed by atoms with E-state index in [9.17, 15) is 4.79 Å². The van der Waals surface area contributed by atoms with Gasteiger partial charge in [0.05, 0.1) is 0 Å². The van der Waals surface area contributed by atoms with Gasteiger partial charge in [-0.15, -0.1) is 0 Å². The fourth-order valence-electron chi connectivity index (χ4n) is 5.26. The molecule has 0 atom stereocenters. The molecule has 2 nitrogen and oxygen atoms in total. The molecular formula is C32H40O2. The van der Waals surface area contributed by atoms with Crippen LogP contribution in [0.2, 0.25) is 0 Å². The number of unbranched alkanes of at least 4 members (excludes halogenated alkanes) is 12. The van der Waals surface area contributed by atoms with Crippen LogP contribution in [0.5, 0.6) is 5.75 Å². The first-order valence-electron chi connectivity index (χ1n) is 13.6. The van der Waals surface area contributed by atoms with Crippen molar-refractivity contribution in [2.45, 2.75) is 96.8 Å². The number of rotatable bonds is 15. The van der Waals surface area contributed by atoms with Gasteiger partial charge >= 0.3 is 5.97 Å². The van der Waals surface area contributed by atoms with Crippen molar-refractivity contribution in [1.29, 1.82) is 0 Å². The van der Waals surface area contributed by atoms with Gasteiger partial charge in [-0.05, 0) is 40.1 Å². The summed E-state index contributed by atoms with van der Waals surface area (Å²) in [4.78, 5) is 12.6. The van der Waals surface area contributed by atoms with Gasteiger partial charge in [-0.25, -0.2) is 0 Å². The number of esters is 1. The predicted molar refractivity (Wildman–Crippen MR) is 146 cm³/mol. The maximum absolute atomic E-state index is 12.6. The van der Waals surface area contributed by atoms with Crippen molar-refractivity contribution in [3.63, 3.8) is 0 Å². The number of carbonyl (C=O) groups is 1. The van der Waals surface area contributed by atoms with E-state index < -0.39 is 0 Å². The Hall–Kier alpha value is -2.61. The second kappa shape index (κ2) is 12.7. The first-order chi connectivity index (χ1) is 16.8. The number of ether oxygens (including phenoxy) is 1. The molecule has 0 saturated heterocycles. The maximum atomic E-state index is 12.6. The van der Waals surface area contributed by atoms with Crippen LogP contribution in [0.15, 0.2) is 54.6 Å². The molecule has 4 aromatic rings. The monoisotopic (exact) mass is 456 g/mol. The minimum absolute atomic E-state index is 0.113. The van der Waals surface area contributed by atoms with Crippen molar-refractivity contribution < 1.29 is 9.53 Å². The van der Waals surface area contributed by atoms with E-state index in [2.05, 4.69) is 55.5 Å². The van der Waals surface area contributed by atoms with Crippen molar-refractivity contribution >= 4 is 38.3 Å². The third kappa shape index (κ3) is 6.29. The van der Waals surface area contributed by atoms with Gasteiger partial charge in [-0.3, -0.25) is 4.79 Å². The molecule has 0 aliphatic heterocycles. The fourth-order valence-corrected chi connectivity index (χ4v) is 5.26. The first-order valence-corrected chi connectivity index (χ1v) is 13.6. The molecule has 0 aromatic heterocycles. The van der Waals surface area contributed by atoms with Crippen LogP contribution in [0.25, 0.3) is 32.3 Å². The minimum Gasteiger partial charge on any atom is -0.426 e. The Kier molecular flexibility index (Phi) is 9.19. The van der Waals surface area contributed by atoms with E-state index in [-0.39, 0.29) is 5.97 Å². The summed E-state index contributed by atoms with van der Waals surface area (Å²) < 4.78 is 5.84. The van der Waals surface area contributed by atoms with Gasteiger partial charge in [0.2, 0.25) is 0 Å². The molecule has 0 fully saturated rings. The van der Waals surface area contributed by atoms with Crippen LogP contribution in [0.4, 0.5) is 0 Å². The van der Waals surface area contributed by atoms with E-state index in [0.717, 1.165) is 18.2 Å². The Labute approximate surface area is 205 Å². The van der Waals surface area contributed by atoms with E-state index >= 15 is 0 Å². The zero-order chi connectivity index (χ0) is 23.6. The van der Waals surface area contributed by atoms with Crippen LogP contribution in [0.3, 0.4) is 0 Å². The van der Waals surface area contributed by atoms with Crippen LogP contribution < -0.4 is 4.74 Å². The molecule has 180 valence electrons. The van der Waals surface area contributed by atoms with Crippen molar-refractivity contribution in [2.24, 2.45) is 0 Å². The Bertz CT molecular complexity index is 1160. The van der Waals surface area contributed by atoms with Crippen molar-refractivity contribution in [3.8, 4) is 5.75 Å². The Morgan fingerprint density at radius 3 is 1.71 bits per heavy atom. The molecule has 2 heteroatoms. The molecule has 34 heavy (non-hydrogen) atoms. The van der Waals surface area contributed by atoms with Gasteiger partial charge < -0.3 is 4.74 Å². The van der Waals surface area contributed by atoms with Crippen LogP contribution in [0, 0.1) is 0 Å². The summed E-state index contributed by atoms with van der Waals surface area (Å²) in [5, 5.41) is 7.13. The number of carbonyl (C=O) groups excluding carboxylic acids is 1. The Balaban J connectivity index is 1.18. The molecule has 0 radical (unpaired) electrons. The summed E-state index contributed by atoms with van der Waals surface area (Å²) in [7, 11) is 0. The van der Waals surface area contributed by atoms with Crippen LogP contribution >= 0.6 is 0 Å². The Morgan fingerprint density at radius 2 is 1.09 bits per heavy atom. The van der Waals surface area contributed by atoms with E-state index in [1.165, 1.54) is 97.6 Å². The number of benzene rings is 4. The molecule has 0 aliphatic carbocycles. The summed E-state index contributed by atoms with van der Waals surface area (Å²) in [5.41, 5.74) is 0. The standard InChI is InChI=1S/C32H40O2/c1-2-3-4-5-6-7-8-9-10-11-12-13-14-18-30(33)34-29-24-22-27-20-19-25-16-15-17-26-21-23-28(29)32(27)31(25)26/h15-17,19-24H,2-14,18H2,1H3. The normalized spacial score (nSPS) is 11.7. The zero-order valence-electron chi connectivity index (χ0n) is 20.9. The molecule has 0 amide bonds. The SMILES string of the molecule is CCCCCCCCCCCCCCCC(=O)Oc1ccc2ccc3cccc4ccc1c2c34. The molecule has 4 rings (SSSR count). The highest BCUT2D eigenvalue weighted by atomic mass is 16.5. The molecule has 0 aliphatic rings. The lowest BCUT2D eigenvalue weighted by Crippen LogP contribution is -2.08. The Morgan fingerprint density at radius 1 is 0.588 bits per heavy atom. The van der Waals surface area contributed by atoms with Crippen LogP contribution in [-0.2, 0) is 4.79 Å². The van der Waals surface area contributed by atoms with E-state index in [1.54, 1.807) is 0 Å².